The van der Waals surface area contributed by atoms with Crippen molar-refractivity contribution in [2.45, 2.75) is 37.2 Å². The lowest BCUT2D eigenvalue weighted by Crippen LogP contribution is -2.60. The van der Waals surface area contributed by atoms with Crippen LogP contribution in [-0.2, 0) is 9.47 Å². The molecule has 0 spiro atoms. The second-order valence-electron chi connectivity index (χ2n) is 10.1. The van der Waals surface area contributed by atoms with Crippen LogP contribution in [0.4, 0.5) is 18.0 Å². The summed E-state index contributed by atoms with van der Waals surface area (Å²) in [6.45, 7) is 0.629. The number of hydrogen-bond donors (Lipinski definition) is 0. The number of alkyl halides is 3. The standard InChI is InChI=1S/C30H26F3NO5/c31-30(32,33)39-27-12-6-5-11-25(27)28(35)18-13-19-15-37-16-20(14-18)34(19)29(36)38-17-26-23-9-3-1-7-21(23)22-8-2-4-10-24(22)26/h1-12,18-20,26H,13-17H2. The molecule has 2 atom stereocenters. The number of amides is 1. The fraction of sp³-hybridized carbons (Fsp3) is 0.333. The molecule has 2 fully saturated rings. The Morgan fingerprint density at radius 3 is 2.03 bits per heavy atom. The van der Waals surface area contributed by atoms with E-state index in [1.807, 2.05) is 36.4 Å². The van der Waals surface area contributed by atoms with E-state index in [1.54, 1.807) is 4.90 Å². The van der Waals surface area contributed by atoms with Gasteiger partial charge in [0.25, 0.3) is 0 Å². The summed E-state index contributed by atoms with van der Waals surface area (Å²) in [5, 5.41) is 0. The van der Waals surface area contributed by atoms with Crippen LogP contribution >= 0.6 is 0 Å². The van der Waals surface area contributed by atoms with Crippen molar-refractivity contribution >= 4 is 11.9 Å². The van der Waals surface area contributed by atoms with Crippen LogP contribution in [0.25, 0.3) is 11.1 Å². The molecule has 0 N–H and O–H groups in total. The van der Waals surface area contributed by atoms with E-state index in [4.69, 9.17) is 9.47 Å². The third-order valence-corrected chi connectivity index (χ3v) is 7.82. The molecule has 1 aliphatic carbocycles. The van der Waals surface area contributed by atoms with Crippen molar-refractivity contribution in [1.82, 2.24) is 4.90 Å². The van der Waals surface area contributed by atoms with Gasteiger partial charge in [-0.1, -0.05) is 60.7 Å². The number of para-hydroxylation sites is 1. The van der Waals surface area contributed by atoms with E-state index >= 15 is 0 Å². The third-order valence-electron chi connectivity index (χ3n) is 7.82. The number of ketones is 1. The minimum absolute atomic E-state index is 0.0818. The smallest absolute Gasteiger partial charge is 0.448 e. The molecule has 1 amide bonds. The van der Waals surface area contributed by atoms with Gasteiger partial charge in [0, 0.05) is 11.8 Å². The molecule has 6 nitrogen and oxygen atoms in total. The lowest BCUT2D eigenvalue weighted by atomic mass is 9.80. The fourth-order valence-electron chi connectivity index (χ4n) is 6.20. The van der Waals surface area contributed by atoms with Crippen molar-refractivity contribution < 1.29 is 37.0 Å². The molecule has 3 aromatic carbocycles. The number of fused-ring (bicyclic) bond motifs is 5. The van der Waals surface area contributed by atoms with Gasteiger partial charge in [0.1, 0.15) is 12.4 Å². The highest BCUT2D eigenvalue weighted by molar-refractivity contribution is 6.00. The predicted molar refractivity (Wildman–Crippen MR) is 135 cm³/mol. The topological polar surface area (TPSA) is 65.1 Å². The maximum absolute atomic E-state index is 13.4. The monoisotopic (exact) mass is 537 g/mol. The Hall–Kier alpha value is -3.85. The molecule has 2 saturated heterocycles. The number of benzene rings is 3. The van der Waals surface area contributed by atoms with Gasteiger partial charge in [-0.2, -0.15) is 0 Å². The predicted octanol–water partition coefficient (Wildman–Crippen LogP) is 6.20. The summed E-state index contributed by atoms with van der Waals surface area (Å²) in [4.78, 5) is 28.3. The van der Waals surface area contributed by atoms with E-state index in [9.17, 15) is 22.8 Å². The molecular formula is C30H26F3NO5. The number of carbonyl (C=O) groups excluding carboxylic acids is 2. The highest BCUT2D eigenvalue weighted by Crippen LogP contribution is 2.45. The minimum atomic E-state index is -4.91. The van der Waals surface area contributed by atoms with E-state index in [-0.39, 0.29) is 44.1 Å². The van der Waals surface area contributed by atoms with Gasteiger partial charge >= 0.3 is 12.5 Å². The number of hydrogen-bond acceptors (Lipinski definition) is 5. The number of morpholine rings is 1. The molecule has 0 radical (unpaired) electrons. The molecule has 3 aliphatic rings. The fourth-order valence-corrected chi connectivity index (χ4v) is 6.20. The summed E-state index contributed by atoms with van der Waals surface area (Å²) < 4.78 is 54.3. The van der Waals surface area contributed by atoms with Gasteiger partial charge in [0.2, 0.25) is 0 Å². The highest BCUT2D eigenvalue weighted by Gasteiger charge is 2.45. The van der Waals surface area contributed by atoms with Crippen molar-refractivity contribution in [3.05, 3.63) is 89.5 Å². The number of ether oxygens (including phenoxy) is 3. The van der Waals surface area contributed by atoms with Gasteiger partial charge in [0.05, 0.1) is 30.9 Å². The molecule has 2 bridgehead atoms. The van der Waals surface area contributed by atoms with Gasteiger partial charge < -0.3 is 14.2 Å². The molecule has 202 valence electrons. The maximum atomic E-state index is 13.4. The van der Waals surface area contributed by atoms with Crippen LogP contribution in [-0.4, -0.2) is 55.0 Å². The maximum Gasteiger partial charge on any atom is 0.573 e. The third kappa shape index (κ3) is 4.87. The van der Waals surface area contributed by atoms with Gasteiger partial charge in [-0.15, -0.1) is 13.2 Å². The highest BCUT2D eigenvalue weighted by atomic mass is 19.4. The zero-order valence-corrected chi connectivity index (χ0v) is 20.9. The van der Waals surface area contributed by atoms with Crippen LogP contribution in [0.15, 0.2) is 72.8 Å². The molecular weight excluding hydrogens is 511 g/mol. The molecule has 3 aromatic rings. The summed E-state index contributed by atoms with van der Waals surface area (Å²) in [7, 11) is 0. The minimum Gasteiger partial charge on any atom is -0.448 e. The molecule has 0 aromatic heterocycles. The van der Waals surface area contributed by atoms with Crippen LogP contribution in [0.5, 0.6) is 5.75 Å². The zero-order valence-electron chi connectivity index (χ0n) is 20.9. The Kier molecular flexibility index (Phi) is 6.54. The van der Waals surface area contributed by atoms with Crippen molar-refractivity contribution in [1.29, 1.82) is 0 Å². The van der Waals surface area contributed by atoms with Crippen molar-refractivity contribution in [2.75, 3.05) is 19.8 Å². The molecule has 2 heterocycles. The summed E-state index contributed by atoms with van der Waals surface area (Å²) in [6, 6.07) is 20.7. The Morgan fingerprint density at radius 2 is 1.41 bits per heavy atom. The van der Waals surface area contributed by atoms with Gasteiger partial charge in [0.15, 0.2) is 5.78 Å². The zero-order chi connectivity index (χ0) is 27.1. The van der Waals surface area contributed by atoms with Crippen molar-refractivity contribution in [3.63, 3.8) is 0 Å². The van der Waals surface area contributed by atoms with E-state index in [2.05, 4.69) is 16.9 Å². The molecule has 6 rings (SSSR count). The van der Waals surface area contributed by atoms with Gasteiger partial charge in [-0.3, -0.25) is 9.69 Å². The first-order chi connectivity index (χ1) is 18.8. The molecule has 39 heavy (non-hydrogen) atoms. The number of piperidine rings is 1. The average molecular weight is 538 g/mol. The van der Waals surface area contributed by atoms with Gasteiger partial charge in [-0.25, -0.2) is 4.79 Å². The van der Waals surface area contributed by atoms with Gasteiger partial charge in [-0.05, 0) is 47.2 Å². The summed E-state index contributed by atoms with van der Waals surface area (Å²) in [6.07, 6.45) is -4.85. The van der Waals surface area contributed by atoms with Crippen LogP contribution in [0.2, 0.25) is 0 Å². The van der Waals surface area contributed by atoms with Crippen LogP contribution in [0, 0.1) is 5.92 Å². The molecule has 2 aliphatic heterocycles. The van der Waals surface area contributed by atoms with E-state index in [0.29, 0.717) is 0 Å². The number of carbonyl (C=O) groups is 2. The first-order valence-corrected chi connectivity index (χ1v) is 12.9. The summed E-state index contributed by atoms with van der Waals surface area (Å²) in [5.41, 5.74) is 4.37. The number of Topliss-reactive ketones (excluding diaryl/α,β-unsaturated/α-hetero) is 1. The first kappa shape index (κ1) is 25.4. The largest absolute Gasteiger partial charge is 0.573 e. The van der Waals surface area contributed by atoms with Crippen LogP contribution in [0.1, 0.15) is 40.2 Å². The van der Waals surface area contributed by atoms with Crippen LogP contribution < -0.4 is 4.74 Å². The molecule has 2 unspecified atom stereocenters. The Morgan fingerprint density at radius 1 is 0.846 bits per heavy atom. The quantitative estimate of drug-likeness (QED) is 0.363. The van der Waals surface area contributed by atoms with E-state index in [0.717, 1.165) is 28.3 Å². The average Bonchev–Trinajstić information content (AvgIpc) is 3.23. The normalized spacial score (nSPS) is 22.1. The first-order valence-electron chi connectivity index (χ1n) is 12.9. The SMILES string of the molecule is O=C(c1ccccc1OC(F)(F)F)C1CC2COCC(C1)N2C(=O)OCC1c2ccccc2-c2ccccc21. The van der Waals surface area contributed by atoms with E-state index in [1.165, 1.54) is 18.2 Å². The second kappa shape index (κ2) is 10.0. The van der Waals surface area contributed by atoms with Crippen molar-refractivity contribution in [2.24, 2.45) is 5.92 Å². The lowest BCUT2D eigenvalue weighted by molar-refractivity contribution is -0.274. The van der Waals surface area contributed by atoms with Crippen LogP contribution in [0.3, 0.4) is 0 Å². The summed E-state index contributed by atoms with van der Waals surface area (Å²) >= 11 is 0. The lowest BCUT2D eigenvalue weighted by Gasteiger charge is -2.47. The second-order valence-corrected chi connectivity index (χ2v) is 10.1. The number of rotatable bonds is 5. The van der Waals surface area contributed by atoms with E-state index < -0.39 is 42.0 Å². The molecule has 0 saturated carbocycles. The Bertz CT molecular complexity index is 1350. The number of halogens is 3. The summed E-state index contributed by atoms with van der Waals surface area (Å²) in [5.74, 6) is -1.60. The molecule has 9 heteroatoms. The number of nitrogens with zero attached hydrogens (tertiary/aromatic N) is 1. The Labute approximate surface area is 223 Å². The Balaban J connectivity index is 1.16. The van der Waals surface area contributed by atoms with Crippen molar-refractivity contribution in [3.8, 4) is 16.9 Å².